The lowest BCUT2D eigenvalue weighted by atomic mass is 10.1. The smallest absolute Gasteiger partial charge is 0.239 e. The van der Waals surface area contributed by atoms with E-state index in [4.69, 9.17) is 4.52 Å². The number of hydrogen-bond acceptors (Lipinski definition) is 3. The van der Waals surface area contributed by atoms with Crippen molar-refractivity contribution in [3.8, 4) is 11.1 Å². The molecule has 0 unspecified atom stereocenters. The van der Waals surface area contributed by atoms with Gasteiger partial charge >= 0.3 is 0 Å². The maximum absolute atomic E-state index is 11.7. The molecule has 1 aromatic carbocycles. The van der Waals surface area contributed by atoms with Crippen molar-refractivity contribution in [1.82, 2.24) is 5.16 Å². The number of rotatable bonds is 5. The summed E-state index contributed by atoms with van der Waals surface area (Å²) in [4.78, 5) is 11.7. The molecule has 0 fully saturated rings. The summed E-state index contributed by atoms with van der Waals surface area (Å²) in [5.41, 5.74) is 2.98. The lowest BCUT2D eigenvalue weighted by Gasteiger charge is -2.04. The normalized spacial score (nSPS) is 10.4. The van der Waals surface area contributed by atoms with Crippen molar-refractivity contribution in [2.45, 2.75) is 33.1 Å². The van der Waals surface area contributed by atoms with Crippen LogP contribution in [0.25, 0.3) is 11.1 Å². The van der Waals surface area contributed by atoms with Crippen molar-refractivity contribution in [3.63, 3.8) is 0 Å². The van der Waals surface area contributed by atoms with Gasteiger partial charge in [-0.25, -0.2) is 0 Å². The van der Waals surface area contributed by atoms with Gasteiger partial charge in [0.1, 0.15) is 0 Å². The molecule has 100 valence electrons. The Morgan fingerprint density at radius 1 is 1.32 bits per heavy atom. The van der Waals surface area contributed by atoms with Crippen molar-refractivity contribution in [2.75, 3.05) is 5.32 Å². The van der Waals surface area contributed by atoms with E-state index in [9.17, 15) is 4.79 Å². The standard InChI is InChI=1S/C15H18N2O2/c1-3-4-5-14(18)17-15-13(10-16-19-15)12-8-6-11(2)7-9-12/h6-10H,3-5H2,1-2H3,(H,17,18). The van der Waals surface area contributed by atoms with Crippen LogP contribution in [0.3, 0.4) is 0 Å². The van der Waals surface area contributed by atoms with E-state index in [0.717, 1.165) is 24.0 Å². The molecule has 4 heteroatoms. The van der Waals surface area contributed by atoms with Crippen LogP contribution in [0.15, 0.2) is 35.0 Å². The van der Waals surface area contributed by atoms with Gasteiger partial charge in [0.25, 0.3) is 0 Å². The first-order valence-electron chi connectivity index (χ1n) is 6.52. The van der Waals surface area contributed by atoms with Crippen molar-refractivity contribution in [1.29, 1.82) is 0 Å². The van der Waals surface area contributed by atoms with Gasteiger partial charge in [0, 0.05) is 6.42 Å². The molecule has 0 aliphatic rings. The highest BCUT2D eigenvalue weighted by Crippen LogP contribution is 2.28. The molecular formula is C15H18N2O2. The second-order valence-electron chi connectivity index (χ2n) is 4.59. The second kappa shape index (κ2) is 6.18. The van der Waals surface area contributed by atoms with E-state index in [1.165, 1.54) is 5.56 Å². The first kappa shape index (κ1) is 13.3. The minimum atomic E-state index is -0.0352. The van der Waals surface area contributed by atoms with Crippen LogP contribution in [0.2, 0.25) is 0 Å². The number of anilines is 1. The molecule has 0 aliphatic carbocycles. The number of benzene rings is 1. The Labute approximate surface area is 112 Å². The fourth-order valence-corrected chi connectivity index (χ4v) is 1.79. The van der Waals surface area contributed by atoms with Gasteiger partial charge < -0.3 is 4.52 Å². The zero-order valence-electron chi connectivity index (χ0n) is 11.3. The van der Waals surface area contributed by atoms with Gasteiger partial charge in [-0.05, 0) is 18.9 Å². The molecule has 19 heavy (non-hydrogen) atoms. The third kappa shape index (κ3) is 3.44. The number of carbonyl (C=O) groups is 1. The second-order valence-corrected chi connectivity index (χ2v) is 4.59. The Balaban J connectivity index is 2.13. The summed E-state index contributed by atoms with van der Waals surface area (Å²) in [6.07, 6.45) is 4.00. The molecule has 2 aromatic rings. The molecule has 4 nitrogen and oxygen atoms in total. The summed E-state index contributed by atoms with van der Waals surface area (Å²) < 4.78 is 5.12. The summed E-state index contributed by atoms with van der Waals surface area (Å²) in [6.45, 7) is 4.09. The Hall–Kier alpha value is -2.10. The lowest BCUT2D eigenvalue weighted by Crippen LogP contribution is -2.10. The number of nitrogens with one attached hydrogen (secondary N) is 1. The number of nitrogens with zero attached hydrogens (tertiary/aromatic N) is 1. The molecule has 0 bridgehead atoms. The van der Waals surface area contributed by atoms with Crippen LogP contribution < -0.4 is 5.32 Å². The minimum Gasteiger partial charge on any atom is -0.338 e. The molecule has 1 N–H and O–H groups in total. The van der Waals surface area contributed by atoms with Crippen LogP contribution in [-0.2, 0) is 4.79 Å². The van der Waals surface area contributed by atoms with E-state index in [0.29, 0.717) is 12.3 Å². The van der Waals surface area contributed by atoms with Gasteiger partial charge in [-0.15, -0.1) is 0 Å². The van der Waals surface area contributed by atoms with Crippen molar-refractivity contribution in [2.24, 2.45) is 0 Å². The molecule has 0 saturated heterocycles. The van der Waals surface area contributed by atoms with Crippen LogP contribution in [0.1, 0.15) is 31.7 Å². The highest BCUT2D eigenvalue weighted by molar-refractivity contribution is 5.93. The van der Waals surface area contributed by atoms with Gasteiger partial charge in [-0.3, -0.25) is 10.1 Å². The molecule has 1 heterocycles. The van der Waals surface area contributed by atoms with Crippen molar-refractivity contribution in [3.05, 3.63) is 36.0 Å². The van der Waals surface area contributed by atoms with Gasteiger partial charge in [0.2, 0.25) is 11.8 Å². The number of carbonyl (C=O) groups excluding carboxylic acids is 1. The predicted molar refractivity (Wildman–Crippen MR) is 74.8 cm³/mol. The average Bonchev–Trinajstić information content (AvgIpc) is 2.85. The highest BCUT2D eigenvalue weighted by Gasteiger charge is 2.12. The molecule has 1 aromatic heterocycles. The lowest BCUT2D eigenvalue weighted by molar-refractivity contribution is -0.116. The van der Waals surface area contributed by atoms with Crippen molar-refractivity contribution < 1.29 is 9.32 Å². The molecule has 0 spiro atoms. The number of unbranched alkanes of at least 4 members (excludes halogenated alkanes) is 1. The molecule has 0 saturated carbocycles. The summed E-state index contributed by atoms with van der Waals surface area (Å²) >= 11 is 0. The first-order chi connectivity index (χ1) is 9.20. The topological polar surface area (TPSA) is 55.1 Å². The fourth-order valence-electron chi connectivity index (χ4n) is 1.79. The number of aromatic nitrogens is 1. The highest BCUT2D eigenvalue weighted by atomic mass is 16.5. The zero-order chi connectivity index (χ0) is 13.7. The zero-order valence-corrected chi connectivity index (χ0v) is 11.3. The van der Waals surface area contributed by atoms with E-state index in [1.807, 2.05) is 31.2 Å². The van der Waals surface area contributed by atoms with Gasteiger partial charge in [0.05, 0.1) is 11.8 Å². The van der Waals surface area contributed by atoms with E-state index in [-0.39, 0.29) is 5.91 Å². The largest absolute Gasteiger partial charge is 0.338 e. The van der Waals surface area contributed by atoms with E-state index < -0.39 is 0 Å². The Morgan fingerprint density at radius 2 is 2.05 bits per heavy atom. The van der Waals surface area contributed by atoms with Crippen LogP contribution >= 0.6 is 0 Å². The summed E-state index contributed by atoms with van der Waals surface area (Å²) in [6, 6.07) is 8.02. The third-order valence-electron chi connectivity index (χ3n) is 2.94. The third-order valence-corrected chi connectivity index (χ3v) is 2.94. The SMILES string of the molecule is CCCCC(=O)Nc1oncc1-c1ccc(C)cc1. The predicted octanol–water partition coefficient (Wildman–Crippen LogP) is 3.78. The van der Waals surface area contributed by atoms with Crippen LogP contribution in [0.4, 0.5) is 5.88 Å². The first-order valence-corrected chi connectivity index (χ1v) is 6.52. The molecule has 2 rings (SSSR count). The summed E-state index contributed by atoms with van der Waals surface area (Å²) in [5, 5.41) is 6.53. The molecule has 0 radical (unpaired) electrons. The minimum absolute atomic E-state index is 0.0352. The van der Waals surface area contributed by atoms with E-state index in [1.54, 1.807) is 6.20 Å². The van der Waals surface area contributed by atoms with Crippen molar-refractivity contribution >= 4 is 11.8 Å². The number of amides is 1. The summed E-state index contributed by atoms with van der Waals surface area (Å²) in [5.74, 6) is 0.386. The maximum atomic E-state index is 11.7. The summed E-state index contributed by atoms with van der Waals surface area (Å²) in [7, 11) is 0. The fraction of sp³-hybridized carbons (Fsp3) is 0.333. The van der Waals surface area contributed by atoms with Gasteiger partial charge in [0.15, 0.2) is 0 Å². The average molecular weight is 258 g/mol. The van der Waals surface area contributed by atoms with Gasteiger partial charge in [-0.1, -0.05) is 48.3 Å². The van der Waals surface area contributed by atoms with Gasteiger partial charge in [-0.2, -0.15) is 0 Å². The molecule has 0 atom stereocenters. The van der Waals surface area contributed by atoms with Crippen LogP contribution in [0, 0.1) is 6.92 Å². The molecule has 1 amide bonds. The van der Waals surface area contributed by atoms with E-state index in [2.05, 4.69) is 17.4 Å². The van der Waals surface area contributed by atoms with Crippen LogP contribution in [-0.4, -0.2) is 11.1 Å². The number of aryl methyl sites for hydroxylation is 1. The Morgan fingerprint density at radius 3 is 2.74 bits per heavy atom. The monoisotopic (exact) mass is 258 g/mol. The quantitative estimate of drug-likeness (QED) is 0.888. The number of hydrogen-bond donors (Lipinski definition) is 1. The molecular weight excluding hydrogens is 240 g/mol. The Bertz CT molecular complexity index is 544. The maximum Gasteiger partial charge on any atom is 0.239 e. The van der Waals surface area contributed by atoms with E-state index >= 15 is 0 Å². The Kier molecular flexibility index (Phi) is 4.34. The molecule has 0 aliphatic heterocycles. The van der Waals surface area contributed by atoms with Crippen LogP contribution in [0.5, 0.6) is 0 Å².